The van der Waals surface area contributed by atoms with Gasteiger partial charge in [-0.15, -0.1) is 0 Å². The second-order valence-corrected chi connectivity index (χ2v) is 41.2. The van der Waals surface area contributed by atoms with Crippen LogP contribution in [0.15, 0.2) is 139 Å². The summed E-state index contributed by atoms with van der Waals surface area (Å²) in [7, 11) is 18.1. The average molecular weight is 950 g/mol. The first-order chi connectivity index (χ1) is 30.1. The number of unbranched alkanes of at least 4 members (excludes halogenated alkanes) is 2. The third kappa shape index (κ3) is 7.19. The second-order valence-electron chi connectivity index (χ2n) is 18.7. The molecule has 62 heavy (non-hydrogen) atoms. The molecule has 4 atom stereocenters. The van der Waals surface area contributed by atoms with Crippen molar-refractivity contribution >= 4 is 52.3 Å². The minimum absolute atomic E-state index is 0.0710. The summed E-state index contributed by atoms with van der Waals surface area (Å²) in [6.07, 6.45) is 13.8. The van der Waals surface area contributed by atoms with E-state index < -0.39 is 25.9 Å². The Morgan fingerprint density at radius 1 is 0.500 bits per heavy atom. The van der Waals surface area contributed by atoms with Crippen LogP contribution in [0.25, 0.3) is 45.5 Å². The van der Waals surface area contributed by atoms with Crippen molar-refractivity contribution in [1.82, 2.24) is 0 Å². The number of halogens is 2. The van der Waals surface area contributed by atoms with E-state index in [1.165, 1.54) is 91.6 Å². The number of hydrogen-bond donors (Lipinski definition) is 0. The van der Waals surface area contributed by atoms with Gasteiger partial charge in [0.1, 0.15) is 0 Å². The van der Waals surface area contributed by atoms with Crippen LogP contribution in [0.5, 0.6) is 0 Å². The van der Waals surface area contributed by atoms with Crippen molar-refractivity contribution in [3.63, 3.8) is 0 Å². The zero-order valence-electron chi connectivity index (χ0n) is 37.7. The molecular formula is C58H63Cl2SiZr. The summed E-state index contributed by atoms with van der Waals surface area (Å²) in [4.78, 5) is 0. The molecule has 0 aromatic heterocycles. The molecule has 0 amide bonds. The van der Waals surface area contributed by atoms with Crippen molar-refractivity contribution in [1.29, 1.82) is 0 Å². The van der Waals surface area contributed by atoms with E-state index in [0.717, 1.165) is 51.4 Å². The Kier molecular flexibility index (Phi) is 12.6. The first kappa shape index (κ1) is 43.7. The van der Waals surface area contributed by atoms with Gasteiger partial charge in [0.25, 0.3) is 0 Å². The van der Waals surface area contributed by atoms with E-state index in [0.29, 0.717) is 11.8 Å². The quantitative estimate of drug-likeness (QED) is 0.0899. The fraction of sp³-hybridized carbons (Fsp3) is 0.310. The Morgan fingerprint density at radius 2 is 0.935 bits per heavy atom. The van der Waals surface area contributed by atoms with Gasteiger partial charge in [-0.3, -0.25) is 0 Å². The van der Waals surface area contributed by atoms with Gasteiger partial charge in [0.15, 0.2) is 0 Å². The SMILES string of the molecule is CCCCC1=Cc2c(-c3ccccc3C(C)CC)cccc2[CH]1[Zr]([Cl])([Cl])([c]1cccc2c1[SiH2]c1ccccc1-2)[CH]1C(CCCC)=Cc2c(-c3ccccc3C(C)CC)cccc21. The molecule has 0 fully saturated rings. The molecule has 0 saturated heterocycles. The molecule has 0 saturated carbocycles. The molecule has 1 heterocycles. The number of fused-ring (bicyclic) bond motifs is 5. The molecule has 0 nitrogen and oxygen atoms in total. The van der Waals surface area contributed by atoms with Crippen LogP contribution in [-0.4, -0.2) is 9.52 Å². The summed E-state index contributed by atoms with van der Waals surface area (Å²) in [6.45, 7) is 14.0. The molecule has 0 spiro atoms. The predicted molar refractivity (Wildman–Crippen MR) is 273 cm³/mol. The van der Waals surface area contributed by atoms with Gasteiger partial charge in [-0.05, 0) is 0 Å². The summed E-state index contributed by atoms with van der Waals surface area (Å²) in [5.41, 5.74) is 19.2. The van der Waals surface area contributed by atoms with Crippen molar-refractivity contribution in [2.45, 2.75) is 112 Å². The second kappa shape index (κ2) is 17.8. The van der Waals surface area contributed by atoms with Crippen LogP contribution in [-0.2, 0) is 16.4 Å². The van der Waals surface area contributed by atoms with Crippen LogP contribution in [0.1, 0.15) is 145 Å². The monoisotopic (exact) mass is 947 g/mol. The molecule has 3 aliphatic rings. The average Bonchev–Trinajstić information content (AvgIpc) is 4.02. The molecule has 0 N–H and O–H groups in total. The van der Waals surface area contributed by atoms with E-state index in [1.54, 1.807) is 0 Å². The topological polar surface area (TPSA) is 0 Å². The van der Waals surface area contributed by atoms with Gasteiger partial charge < -0.3 is 0 Å². The van der Waals surface area contributed by atoms with Crippen molar-refractivity contribution < 1.29 is 16.4 Å². The summed E-state index contributed by atoms with van der Waals surface area (Å²) in [6, 6.07) is 48.7. The van der Waals surface area contributed by atoms with Crippen LogP contribution in [0.4, 0.5) is 0 Å². The molecule has 0 bridgehead atoms. The number of hydrogen-bond acceptors (Lipinski definition) is 0. The van der Waals surface area contributed by atoms with Gasteiger partial charge in [-0.2, -0.15) is 0 Å². The van der Waals surface area contributed by atoms with E-state index in [2.05, 4.69) is 181 Å². The van der Waals surface area contributed by atoms with Crippen molar-refractivity contribution in [2.75, 3.05) is 0 Å². The first-order valence-electron chi connectivity index (χ1n) is 23.8. The van der Waals surface area contributed by atoms with E-state index in [-0.39, 0.29) is 7.25 Å². The normalized spacial score (nSPS) is 18.3. The van der Waals surface area contributed by atoms with Gasteiger partial charge in [-0.25, -0.2) is 0 Å². The molecular weight excluding hydrogens is 887 g/mol. The Morgan fingerprint density at radius 3 is 1.44 bits per heavy atom. The maximum absolute atomic E-state index is 9.48. The van der Waals surface area contributed by atoms with E-state index in [9.17, 15) is 17.0 Å². The van der Waals surface area contributed by atoms with Gasteiger partial charge in [0, 0.05) is 0 Å². The first-order valence-corrected chi connectivity index (χ1v) is 35.6. The van der Waals surface area contributed by atoms with E-state index in [1.807, 2.05) is 0 Å². The fourth-order valence-electron chi connectivity index (χ4n) is 11.7. The maximum atomic E-state index is 9.48. The molecule has 0 radical (unpaired) electrons. The molecule has 4 heteroatoms. The fourth-order valence-corrected chi connectivity index (χ4v) is 39.7. The molecule has 1 aliphatic heterocycles. The van der Waals surface area contributed by atoms with Crippen molar-refractivity contribution in [3.8, 4) is 33.4 Å². The molecule has 9 rings (SSSR count). The summed E-state index contributed by atoms with van der Waals surface area (Å²) >= 11 is -5.66. The standard InChI is InChI=1S/2C23H27.C12H9Si.2ClH.Zr/c2*1-4-6-10-18-15-19-11-9-14-22(23(19)16-18)21-13-8-7-12-20(21)17(3)5-2;1-3-7-11-9(5-1)10-6-2-4-8-12(10)13-11;;;/h2*7-9,11-17H,4-6,10H2,1-3H3;1-7H,13H2;2*1H;/q;;;;;+2/p-2. The molecule has 317 valence electrons. The van der Waals surface area contributed by atoms with Crippen LogP contribution in [0.2, 0.25) is 0 Å². The molecule has 6 aromatic rings. The van der Waals surface area contributed by atoms with Crippen LogP contribution in [0, 0.1) is 0 Å². The molecule has 6 aromatic carbocycles. The van der Waals surface area contributed by atoms with E-state index in [4.69, 9.17) is 0 Å². The molecule has 2 aliphatic carbocycles. The van der Waals surface area contributed by atoms with Crippen LogP contribution < -0.4 is 13.6 Å². The Bertz CT molecular complexity index is 2590. The molecule has 4 unspecified atom stereocenters. The number of rotatable bonds is 15. The minimum atomic E-state index is -5.66. The van der Waals surface area contributed by atoms with Gasteiger partial charge >= 0.3 is 386 Å². The summed E-state index contributed by atoms with van der Waals surface area (Å²) in [5, 5.41) is 3.00. The number of allylic oxidation sites excluding steroid dienone is 2. The van der Waals surface area contributed by atoms with Gasteiger partial charge in [0.2, 0.25) is 0 Å². The zero-order chi connectivity index (χ0) is 43.2. The van der Waals surface area contributed by atoms with Crippen molar-refractivity contribution in [3.05, 3.63) is 172 Å². The van der Waals surface area contributed by atoms with Crippen molar-refractivity contribution in [2.24, 2.45) is 0 Å². The third-order valence-corrected chi connectivity index (χ3v) is 37.9. The summed E-state index contributed by atoms with van der Waals surface area (Å²) < 4.78 is 1.18. The Balaban J connectivity index is 1.36. The third-order valence-electron chi connectivity index (χ3n) is 15.2. The number of benzene rings is 6. The Labute approximate surface area is 383 Å². The van der Waals surface area contributed by atoms with Gasteiger partial charge in [0.05, 0.1) is 0 Å². The van der Waals surface area contributed by atoms with Crippen LogP contribution in [0.3, 0.4) is 0 Å². The zero-order valence-corrected chi connectivity index (χ0v) is 43.1. The Hall–Kier alpha value is -3.52. The van der Waals surface area contributed by atoms with Gasteiger partial charge in [-0.1, -0.05) is 0 Å². The summed E-state index contributed by atoms with van der Waals surface area (Å²) in [5.74, 6) is 0.903. The predicted octanol–water partition coefficient (Wildman–Crippen LogP) is 15.4. The van der Waals surface area contributed by atoms with E-state index >= 15 is 0 Å². The van der Waals surface area contributed by atoms with Crippen LogP contribution >= 0.6 is 17.0 Å².